The summed E-state index contributed by atoms with van der Waals surface area (Å²) in [5, 5.41) is 9.15. The van der Waals surface area contributed by atoms with Crippen LogP contribution >= 0.6 is 11.8 Å². The van der Waals surface area contributed by atoms with Crippen molar-refractivity contribution in [2.75, 3.05) is 20.6 Å². The lowest BCUT2D eigenvalue weighted by molar-refractivity contribution is -0.145. The van der Waals surface area contributed by atoms with Crippen molar-refractivity contribution in [3.8, 4) is 0 Å². The van der Waals surface area contributed by atoms with Crippen molar-refractivity contribution in [2.24, 2.45) is 0 Å². The highest BCUT2D eigenvalue weighted by Crippen LogP contribution is 2.47. The number of carbonyl (C=O) groups excluding carboxylic acids is 1. The fraction of sp³-hybridized carbons (Fsp3) is 0.600. The van der Waals surface area contributed by atoms with E-state index in [2.05, 4.69) is 0 Å². The van der Waals surface area contributed by atoms with E-state index in [4.69, 9.17) is 5.11 Å². The number of fused-ring (bicyclic) bond motifs is 1. The average molecular weight is 242 g/mol. The molecule has 88 valence electrons. The Bertz CT molecular complexity index is 378. The first-order valence-electron chi connectivity index (χ1n) is 5.10. The molecule has 1 fully saturated rings. The van der Waals surface area contributed by atoms with E-state index in [0.717, 1.165) is 11.4 Å². The number of amides is 1. The zero-order valence-corrected chi connectivity index (χ0v) is 10.1. The molecule has 0 radical (unpaired) electrons. The number of hydrogen-bond donors (Lipinski definition) is 1. The summed E-state index contributed by atoms with van der Waals surface area (Å²) in [6.07, 6.45) is 1.16. The van der Waals surface area contributed by atoms with E-state index in [1.807, 2.05) is 19.0 Å². The van der Waals surface area contributed by atoms with Crippen molar-refractivity contribution in [2.45, 2.75) is 18.2 Å². The minimum absolute atomic E-state index is 0.0377. The van der Waals surface area contributed by atoms with Crippen LogP contribution in [-0.4, -0.2) is 52.8 Å². The van der Waals surface area contributed by atoms with Crippen LogP contribution in [0.3, 0.4) is 0 Å². The Morgan fingerprint density at radius 2 is 2.31 bits per heavy atom. The highest BCUT2D eigenvalue weighted by molar-refractivity contribution is 8.04. The van der Waals surface area contributed by atoms with Crippen LogP contribution in [0, 0.1) is 0 Å². The number of carboxylic acids is 1. The average Bonchev–Trinajstić information content (AvgIpc) is 2.47. The van der Waals surface area contributed by atoms with Crippen LogP contribution in [-0.2, 0) is 9.59 Å². The lowest BCUT2D eigenvalue weighted by atomic mass is 10.1. The van der Waals surface area contributed by atoms with Gasteiger partial charge in [-0.3, -0.25) is 9.69 Å². The summed E-state index contributed by atoms with van der Waals surface area (Å²) in [5.41, 5.74) is 0.202. The second-order valence-electron chi connectivity index (χ2n) is 4.17. The first-order valence-corrected chi connectivity index (χ1v) is 5.98. The summed E-state index contributed by atoms with van der Waals surface area (Å²) in [5.74, 6) is -1.06. The van der Waals surface area contributed by atoms with Crippen LogP contribution in [0.15, 0.2) is 10.6 Å². The van der Waals surface area contributed by atoms with E-state index in [1.165, 1.54) is 16.7 Å². The first-order chi connectivity index (χ1) is 7.50. The molecule has 2 aliphatic heterocycles. The number of carboxylic acid groups (broad SMARTS) is 1. The lowest BCUT2D eigenvalue weighted by Crippen LogP contribution is -2.48. The van der Waals surface area contributed by atoms with Gasteiger partial charge in [0.05, 0.1) is 11.8 Å². The number of thioether (sulfide) groups is 1. The van der Waals surface area contributed by atoms with Gasteiger partial charge in [-0.15, -0.1) is 11.8 Å². The normalized spacial score (nSPS) is 23.8. The van der Waals surface area contributed by atoms with E-state index in [-0.39, 0.29) is 17.0 Å². The predicted octanol–water partition coefficient (Wildman–Crippen LogP) is 0.540. The number of aliphatic carboxylic acids is 1. The van der Waals surface area contributed by atoms with Gasteiger partial charge in [0.25, 0.3) is 0 Å². The maximum absolute atomic E-state index is 11.3. The highest BCUT2D eigenvalue weighted by atomic mass is 32.2. The van der Waals surface area contributed by atoms with Crippen molar-refractivity contribution in [1.29, 1.82) is 0 Å². The fourth-order valence-corrected chi connectivity index (χ4v) is 3.22. The summed E-state index contributed by atoms with van der Waals surface area (Å²) in [7, 11) is 3.89. The minimum Gasteiger partial charge on any atom is -0.477 e. The number of hydrogen-bond acceptors (Lipinski definition) is 4. The van der Waals surface area contributed by atoms with E-state index in [9.17, 15) is 9.59 Å². The van der Waals surface area contributed by atoms with Gasteiger partial charge in [-0.25, -0.2) is 4.79 Å². The van der Waals surface area contributed by atoms with Crippen molar-refractivity contribution in [3.63, 3.8) is 0 Å². The van der Waals surface area contributed by atoms with Gasteiger partial charge in [0, 0.05) is 11.4 Å². The smallest absolute Gasteiger partial charge is 0.353 e. The first kappa shape index (κ1) is 11.5. The van der Waals surface area contributed by atoms with E-state index in [0.29, 0.717) is 12.8 Å². The molecule has 0 aromatic heterocycles. The van der Waals surface area contributed by atoms with Gasteiger partial charge in [0.1, 0.15) is 5.70 Å². The molecule has 1 saturated heterocycles. The van der Waals surface area contributed by atoms with Crippen LogP contribution in [0.2, 0.25) is 0 Å². The Kier molecular flexibility index (Phi) is 2.94. The Morgan fingerprint density at radius 1 is 1.62 bits per heavy atom. The zero-order valence-electron chi connectivity index (χ0n) is 9.27. The van der Waals surface area contributed by atoms with Crippen LogP contribution in [0.1, 0.15) is 12.8 Å². The second kappa shape index (κ2) is 4.10. The molecule has 1 N–H and O–H groups in total. The van der Waals surface area contributed by atoms with Crippen LogP contribution in [0.5, 0.6) is 0 Å². The lowest BCUT2D eigenvalue weighted by Gasteiger charge is -2.33. The SMILES string of the molecule is CN(C)CCC1=C(C(=O)O)N2C(=O)C[C@@H]2S1. The van der Waals surface area contributed by atoms with Gasteiger partial charge in [0.2, 0.25) is 5.91 Å². The van der Waals surface area contributed by atoms with Crippen molar-refractivity contribution in [1.82, 2.24) is 9.80 Å². The second-order valence-corrected chi connectivity index (χ2v) is 5.44. The molecule has 1 atom stereocenters. The van der Waals surface area contributed by atoms with Crippen molar-refractivity contribution >= 4 is 23.6 Å². The number of nitrogens with zero attached hydrogens (tertiary/aromatic N) is 2. The number of β-lactam (4-membered cyclic amide) rings is 1. The maximum Gasteiger partial charge on any atom is 0.353 e. The topological polar surface area (TPSA) is 60.9 Å². The van der Waals surface area contributed by atoms with Gasteiger partial charge in [-0.2, -0.15) is 0 Å². The number of rotatable bonds is 4. The van der Waals surface area contributed by atoms with Crippen molar-refractivity contribution in [3.05, 3.63) is 10.6 Å². The molecular formula is C10H14N2O3S. The molecule has 0 saturated carbocycles. The van der Waals surface area contributed by atoms with Gasteiger partial charge in [0.15, 0.2) is 0 Å². The van der Waals surface area contributed by atoms with Gasteiger partial charge < -0.3 is 10.0 Å². The molecule has 6 heteroatoms. The molecule has 1 amide bonds. The molecule has 16 heavy (non-hydrogen) atoms. The fourth-order valence-electron chi connectivity index (χ4n) is 1.83. The largest absolute Gasteiger partial charge is 0.477 e. The molecule has 0 aromatic carbocycles. The maximum atomic E-state index is 11.3. The Hall–Kier alpha value is -1.01. The standard InChI is InChI=1S/C10H14N2O3S/c1-11(2)4-3-6-9(10(14)15)12-7(13)5-8(12)16-6/h8H,3-5H2,1-2H3,(H,14,15)/t8-/m0/s1. The van der Waals surface area contributed by atoms with Gasteiger partial charge in [-0.05, 0) is 20.5 Å². The van der Waals surface area contributed by atoms with Crippen LogP contribution in [0.25, 0.3) is 0 Å². The Balaban J connectivity index is 2.15. The van der Waals surface area contributed by atoms with Crippen LogP contribution in [0.4, 0.5) is 0 Å². The minimum atomic E-state index is -0.989. The Morgan fingerprint density at radius 3 is 2.81 bits per heavy atom. The van der Waals surface area contributed by atoms with E-state index < -0.39 is 5.97 Å². The molecule has 0 bridgehead atoms. The van der Waals surface area contributed by atoms with Gasteiger partial charge >= 0.3 is 5.97 Å². The summed E-state index contributed by atoms with van der Waals surface area (Å²) in [4.78, 5) is 26.7. The molecule has 2 heterocycles. The Labute approximate surface area is 98.1 Å². The summed E-state index contributed by atoms with van der Waals surface area (Å²) in [6.45, 7) is 0.799. The van der Waals surface area contributed by atoms with Gasteiger partial charge in [-0.1, -0.05) is 0 Å². The van der Waals surface area contributed by atoms with E-state index in [1.54, 1.807) is 0 Å². The predicted molar refractivity (Wildman–Crippen MR) is 60.7 cm³/mol. The molecule has 0 aliphatic carbocycles. The third-order valence-corrected chi connectivity index (χ3v) is 4.01. The molecule has 2 aliphatic rings. The molecular weight excluding hydrogens is 228 g/mol. The zero-order chi connectivity index (χ0) is 11.9. The van der Waals surface area contributed by atoms with Crippen LogP contribution < -0.4 is 0 Å². The number of carbonyl (C=O) groups is 2. The highest BCUT2D eigenvalue weighted by Gasteiger charge is 2.47. The summed E-state index contributed by atoms with van der Waals surface area (Å²) < 4.78 is 0. The van der Waals surface area contributed by atoms with E-state index >= 15 is 0 Å². The molecule has 2 rings (SSSR count). The molecule has 0 unspecified atom stereocenters. The molecule has 0 aromatic rings. The molecule has 0 spiro atoms. The van der Waals surface area contributed by atoms with Crippen molar-refractivity contribution < 1.29 is 14.7 Å². The summed E-state index contributed by atoms with van der Waals surface area (Å²) >= 11 is 1.52. The molecule has 5 nitrogen and oxygen atoms in total. The monoisotopic (exact) mass is 242 g/mol. The third kappa shape index (κ3) is 1.82. The summed E-state index contributed by atoms with van der Waals surface area (Å²) in [6, 6.07) is 0. The third-order valence-electron chi connectivity index (χ3n) is 2.68. The quantitative estimate of drug-likeness (QED) is 0.729.